The first-order valence-electron chi connectivity index (χ1n) is 9.65. The minimum absolute atomic E-state index is 0.0380. The number of amides is 1. The Morgan fingerprint density at radius 2 is 1.93 bits per heavy atom. The highest BCUT2D eigenvalue weighted by atomic mass is 16.5. The van der Waals surface area contributed by atoms with E-state index in [0.29, 0.717) is 17.9 Å². The predicted octanol–water partition coefficient (Wildman–Crippen LogP) is 3.26. The van der Waals surface area contributed by atoms with E-state index in [1.54, 1.807) is 31.9 Å². The number of carbonyl (C=O) groups is 1. The maximum absolute atomic E-state index is 12.9. The molecule has 0 radical (unpaired) electrons. The van der Waals surface area contributed by atoms with E-state index < -0.39 is 0 Å². The summed E-state index contributed by atoms with van der Waals surface area (Å²) < 4.78 is 5.20. The second-order valence-electron chi connectivity index (χ2n) is 7.00. The van der Waals surface area contributed by atoms with E-state index in [1.165, 1.54) is 0 Å². The molecule has 0 saturated carbocycles. The minimum Gasteiger partial charge on any atom is -0.497 e. The molecule has 2 aromatic heterocycles. The predicted molar refractivity (Wildman–Crippen MR) is 111 cm³/mol. The lowest BCUT2D eigenvalue weighted by molar-refractivity contribution is 0.0714. The van der Waals surface area contributed by atoms with Crippen molar-refractivity contribution in [3.8, 4) is 17.1 Å². The van der Waals surface area contributed by atoms with Gasteiger partial charge in [0.05, 0.1) is 12.7 Å². The van der Waals surface area contributed by atoms with Gasteiger partial charge in [-0.2, -0.15) is 0 Å². The van der Waals surface area contributed by atoms with Crippen molar-refractivity contribution in [3.63, 3.8) is 0 Å². The van der Waals surface area contributed by atoms with Gasteiger partial charge in [-0.25, -0.2) is 9.97 Å². The number of anilines is 1. The van der Waals surface area contributed by atoms with Crippen LogP contribution in [0.3, 0.4) is 0 Å². The number of piperidine rings is 1. The second-order valence-corrected chi connectivity index (χ2v) is 7.00. The number of nitrogens with zero attached hydrogens (tertiary/aromatic N) is 4. The first-order valence-corrected chi connectivity index (χ1v) is 9.65. The number of methoxy groups -OCH3 is 1. The lowest BCUT2D eigenvalue weighted by Gasteiger charge is -2.33. The average molecular weight is 389 g/mol. The summed E-state index contributed by atoms with van der Waals surface area (Å²) >= 11 is 0. The van der Waals surface area contributed by atoms with Crippen LogP contribution in [0.2, 0.25) is 0 Å². The molecule has 1 aliphatic heterocycles. The van der Waals surface area contributed by atoms with Crippen molar-refractivity contribution in [1.29, 1.82) is 0 Å². The van der Waals surface area contributed by atoms with Crippen LogP contribution < -0.4 is 10.1 Å². The summed E-state index contributed by atoms with van der Waals surface area (Å²) in [5, 5.41) is 3.51. The van der Waals surface area contributed by atoms with Gasteiger partial charge in [0.2, 0.25) is 0 Å². The van der Waals surface area contributed by atoms with E-state index in [-0.39, 0.29) is 11.9 Å². The molecule has 4 rings (SSSR count). The number of likely N-dealkylation sites (tertiary alicyclic amines) is 1. The first-order chi connectivity index (χ1) is 14.2. The third kappa shape index (κ3) is 4.51. The summed E-state index contributed by atoms with van der Waals surface area (Å²) in [6, 6.07) is 11.8. The maximum Gasteiger partial charge on any atom is 0.257 e. The Labute approximate surface area is 169 Å². The number of nitrogens with one attached hydrogen (secondary N) is 1. The van der Waals surface area contributed by atoms with Gasteiger partial charge in [-0.05, 0) is 49.2 Å². The van der Waals surface area contributed by atoms with E-state index in [0.717, 1.165) is 36.4 Å². The maximum atomic E-state index is 12.9. The van der Waals surface area contributed by atoms with E-state index in [4.69, 9.17) is 4.74 Å². The van der Waals surface area contributed by atoms with E-state index >= 15 is 0 Å². The highest BCUT2D eigenvalue weighted by Crippen LogP contribution is 2.20. The smallest absolute Gasteiger partial charge is 0.257 e. The van der Waals surface area contributed by atoms with Gasteiger partial charge in [0.15, 0.2) is 5.82 Å². The number of rotatable bonds is 5. The van der Waals surface area contributed by atoms with Crippen LogP contribution in [-0.4, -0.2) is 52.0 Å². The Kier molecular flexibility index (Phi) is 5.65. The summed E-state index contributed by atoms with van der Waals surface area (Å²) in [6.07, 6.45) is 8.57. The first kappa shape index (κ1) is 18.9. The minimum atomic E-state index is -0.0380. The zero-order valence-electron chi connectivity index (χ0n) is 16.3. The molecule has 1 amide bonds. The van der Waals surface area contributed by atoms with Gasteiger partial charge in [-0.15, -0.1) is 0 Å². The molecular formula is C22H23N5O2. The van der Waals surface area contributed by atoms with Crippen molar-refractivity contribution in [1.82, 2.24) is 19.9 Å². The van der Waals surface area contributed by atoms with Crippen LogP contribution in [0.5, 0.6) is 5.75 Å². The Hall–Kier alpha value is -3.48. The Morgan fingerprint density at radius 3 is 2.62 bits per heavy atom. The van der Waals surface area contributed by atoms with Crippen LogP contribution in [0.4, 0.5) is 5.69 Å². The molecule has 1 N–H and O–H groups in total. The fraction of sp³-hybridized carbons (Fsp3) is 0.273. The molecule has 1 atom stereocenters. The molecule has 0 bridgehead atoms. The zero-order chi connectivity index (χ0) is 20.1. The molecule has 1 aliphatic rings. The Bertz CT molecular complexity index is 945. The van der Waals surface area contributed by atoms with Gasteiger partial charge in [0.25, 0.3) is 5.91 Å². The van der Waals surface area contributed by atoms with Gasteiger partial charge >= 0.3 is 0 Å². The van der Waals surface area contributed by atoms with Crippen LogP contribution in [0.15, 0.2) is 61.2 Å². The monoisotopic (exact) mass is 389 g/mol. The topological polar surface area (TPSA) is 80.2 Å². The highest BCUT2D eigenvalue weighted by Gasteiger charge is 2.25. The quantitative estimate of drug-likeness (QED) is 0.721. The van der Waals surface area contributed by atoms with Gasteiger partial charge in [0.1, 0.15) is 5.75 Å². The molecule has 7 nitrogen and oxygen atoms in total. The lowest BCUT2D eigenvalue weighted by atomic mass is 10.0. The molecule has 1 aromatic carbocycles. The summed E-state index contributed by atoms with van der Waals surface area (Å²) in [5.74, 6) is 1.35. The number of ether oxygens (including phenoxy) is 1. The van der Waals surface area contributed by atoms with Gasteiger partial charge in [-0.1, -0.05) is 0 Å². The second kappa shape index (κ2) is 8.68. The highest BCUT2D eigenvalue weighted by molar-refractivity contribution is 5.93. The zero-order valence-corrected chi connectivity index (χ0v) is 16.3. The molecule has 3 aromatic rings. The van der Waals surface area contributed by atoms with E-state index in [9.17, 15) is 4.79 Å². The van der Waals surface area contributed by atoms with Crippen LogP contribution in [0.25, 0.3) is 11.4 Å². The molecule has 1 saturated heterocycles. The third-order valence-electron chi connectivity index (χ3n) is 4.99. The molecule has 1 unspecified atom stereocenters. The molecule has 0 spiro atoms. The van der Waals surface area contributed by atoms with Crippen molar-refractivity contribution >= 4 is 11.6 Å². The van der Waals surface area contributed by atoms with Crippen molar-refractivity contribution in [2.45, 2.75) is 18.9 Å². The normalized spacial score (nSPS) is 16.3. The Morgan fingerprint density at radius 1 is 1.14 bits per heavy atom. The van der Waals surface area contributed by atoms with Gasteiger partial charge in [-0.3, -0.25) is 9.78 Å². The standard InChI is InChI=1S/C22H23N5O2/c1-29-20-8-6-18(7-9-20)26-19-5-3-11-27(15-19)22(28)17-13-24-21(25-14-17)16-4-2-10-23-12-16/h2,4,6-10,12-14,19,26H,3,5,11,15H2,1H3. The third-order valence-corrected chi connectivity index (χ3v) is 4.99. The molecule has 1 fully saturated rings. The molecule has 7 heteroatoms. The number of hydrogen-bond acceptors (Lipinski definition) is 6. The van der Waals surface area contributed by atoms with Crippen LogP contribution in [-0.2, 0) is 0 Å². The van der Waals surface area contributed by atoms with Crippen LogP contribution in [0.1, 0.15) is 23.2 Å². The summed E-state index contributed by atoms with van der Waals surface area (Å²) in [5.41, 5.74) is 2.35. The van der Waals surface area contributed by atoms with Crippen LogP contribution >= 0.6 is 0 Å². The van der Waals surface area contributed by atoms with Crippen molar-refractivity contribution in [3.05, 3.63) is 66.7 Å². The van der Waals surface area contributed by atoms with Gasteiger partial charge in [0, 0.05) is 55.2 Å². The summed E-state index contributed by atoms with van der Waals surface area (Å²) in [6.45, 7) is 1.39. The number of hydrogen-bond donors (Lipinski definition) is 1. The number of benzene rings is 1. The molecule has 29 heavy (non-hydrogen) atoms. The van der Waals surface area contributed by atoms with E-state index in [2.05, 4.69) is 20.3 Å². The fourth-order valence-electron chi connectivity index (χ4n) is 3.47. The van der Waals surface area contributed by atoms with Crippen molar-refractivity contribution in [2.24, 2.45) is 0 Å². The lowest BCUT2D eigenvalue weighted by Crippen LogP contribution is -2.45. The molecule has 148 valence electrons. The number of aromatic nitrogens is 3. The molecular weight excluding hydrogens is 366 g/mol. The summed E-state index contributed by atoms with van der Waals surface area (Å²) in [4.78, 5) is 27.5. The molecule has 3 heterocycles. The summed E-state index contributed by atoms with van der Waals surface area (Å²) in [7, 11) is 1.65. The Balaban J connectivity index is 1.40. The fourth-order valence-corrected chi connectivity index (χ4v) is 3.47. The average Bonchev–Trinajstić information content (AvgIpc) is 2.80. The SMILES string of the molecule is COc1ccc(NC2CCCN(C(=O)c3cnc(-c4cccnc4)nc3)C2)cc1. The molecule has 0 aliphatic carbocycles. The number of pyridine rings is 1. The van der Waals surface area contributed by atoms with Crippen molar-refractivity contribution < 1.29 is 9.53 Å². The van der Waals surface area contributed by atoms with E-state index in [1.807, 2.05) is 41.3 Å². The van der Waals surface area contributed by atoms with Gasteiger partial charge < -0.3 is 15.0 Å². The number of carbonyl (C=O) groups excluding carboxylic acids is 1. The van der Waals surface area contributed by atoms with Crippen LogP contribution in [0, 0.1) is 0 Å². The largest absolute Gasteiger partial charge is 0.497 e. The van der Waals surface area contributed by atoms with Crippen molar-refractivity contribution in [2.75, 3.05) is 25.5 Å².